The van der Waals surface area contributed by atoms with E-state index in [2.05, 4.69) is 21.6 Å². The highest BCUT2D eigenvalue weighted by Crippen LogP contribution is 2.34. The molecule has 5 nitrogen and oxygen atoms in total. The van der Waals surface area contributed by atoms with Gasteiger partial charge in [0.1, 0.15) is 21.5 Å². The molecular formula is C15H19N3O2S. The maximum Gasteiger partial charge on any atom is 0.131 e. The third-order valence-electron chi connectivity index (χ3n) is 3.55. The summed E-state index contributed by atoms with van der Waals surface area (Å²) < 4.78 is 11.1. The van der Waals surface area contributed by atoms with Gasteiger partial charge in [-0.05, 0) is 38.0 Å². The highest BCUT2D eigenvalue weighted by atomic mass is 32.1. The number of hydrogen-bond donors (Lipinski definition) is 1. The molecular weight excluding hydrogens is 286 g/mol. The fourth-order valence-corrected chi connectivity index (χ4v) is 3.17. The molecule has 1 N–H and O–H groups in total. The molecule has 1 atom stereocenters. The minimum absolute atomic E-state index is 0.252. The van der Waals surface area contributed by atoms with Gasteiger partial charge in [-0.25, -0.2) is 0 Å². The van der Waals surface area contributed by atoms with Crippen LogP contribution in [0.3, 0.4) is 0 Å². The Hall–Kier alpha value is -1.66. The quantitative estimate of drug-likeness (QED) is 0.941. The summed E-state index contributed by atoms with van der Waals surface area (Å²) >= 11 is 1.63. The molecule has 0 radical (unpaired) electrons. The zero-order chi connectivity index (χ0) is 14.7. The lowest BCUT2D eigenvalue weighted by atomic mass is 10.0. The second-order valence-corrected chi connectivity index (χ2v) is 6.31. The van der Waals surface area contributed by atoms with E-state index in [4.69, 9.17) is 9.47 Å². The van der Waals surface area contributed by atoms with Crippen molar-refractivity contribution in [1.82, 2.24) is 15.5 Å². The predicted molar refractivity (Wildman–Crippen MR) is 81.9 cm³/mol. The number of benzene rings is 1. The SMILES string of the molecule is COc1ccc2c(c1)C(NCc1nnc(C)s1)CCCO2. The van der Waals surface area contributed by atoms with Gasteiger partial charge < -0.3 is 14.8 Å². The summed E-state index contributed by atoms with van der Waals surface area (Å²) in [5.74, 6) is 1.80. The molecule has 2 aromatic rings. The molecule has 6 heteroatoms. The number of nitrogens with one attached hydrogen (secondary N) is 1. The minimum Gasteiger partial charge on any atom is -0.497 e. The minimum atomic E-state index is 0.252. The zero-order valence-corrected chi connectivity index (χ0v) is 13.1. The van der Waals surface area contributed by atoms with Gasteiger partial charge in [0.2, 0.25) is 0 Å². The smallest absolute Gasteiger partial charge is 0.131 e. The van der Waals surface area contributed by atoms with Crippen LogP contribution in [0.25, 0.3) is 0 Å². The van der Waals surface area contributed by atoms with Gasteiger partial charge >= 0.3 is 0 Å². The molecule has 1 unspecified atom stereocenters. The number of nitrogens with zero attached hydrogens (tertiary/aromatic N) is 2. The molecule has 3 rings (SSSR count). The van der Waals surface area contributed by atoms with Crippen LogP contribution >= 0.6 is 11.3 Å². The Morgan fingerprint density at radius 3 is 3.10 bits per heavy atom. The number of rotatable bonds is 4. The molecule has 0 amide bonds. The summed E-state index contributed by atoms with van der Waals surface area (Å²) in [6.45, 7) is 3.46. The van der Waals surface area contributed by atoms with Crippen LogP contribution in [0.15, 0.2) is 18.2 Å². The van der Waals surface area contributed by atoms with Crippen molar-refractivity contribution in [1.29, 1.82) is 0 Å². The largest absolute Gasteiger partial charge is 0.497 e. The summed E-state index contributed by atoms with van der Waals surface area (Å²) in [6.07, 6.45) is 2.07. The number of ether oxygens (including phenoxy) is 2. The van der Waals surface area contributed by atoms with Crippen molar-refractivity contribution in [3.63, 3.8) is 0 Å². The van der Waals surface area contributed by atoms with E-state index in [0.717, 1.165) is 53.1 Å². The van der Waals surface area contributed by atoms with Gasteiger partial charge in [-0.3, -0.25) is 0 Å². The summed E-state index contributed by atoms with van der Waals surface area (Å²) in [5, 5.41) is 13.8. The molecule has 0 spiro atoms. The first-order valence-electron chi connectivity index (χ1n) is 7.09. The van der Waals surface area contributed by atoms with Crippen molar-refractivity contribution in [2.75, 3.05) is 13.7 Å². The van der Waals surface area contributed by atoms with Gasteiger partial charge in [-0.2, -0.15) is 0 Å². The van der Waals surface area contributed by atoms with E-state index >= 15 is 0 Å². The van der Waals surface area contributed by atoms with Crippen molar-refractivity contribution in [3.05, 3.63) is 33.8 Å². The van der Waals surface area contributed by atoms with Crippen LogP contribution in [-0.2, 0) is 6.54 Å². The molecule has 0 saturated carbocycles. The Morgan fingerprint density at radius 1 is 1.43 bits per heavy atom. The van der Waals surface area contributed by atoms with Crippen molar-refractivity contribution in [2.45, 2.75) is 32.4 Å². The lowest BCUT2D eigenvalue weighted by Gasteiger charge is -2.18. The Labute approximate surface area is 128 Å². The first kappa shape index (κ1) is 14.3. The van der Waals surface area contributed by atoms with Gasteiger partial charge in [0.05, 0.1) is 20.3 Å². The van der Waals surface area contributed by atoms with Crippen LogP contribution in [0, 0.1) is 6.92 Å². The molecule has 0 fully saturated rings. The van der Waals surface area contributed by atoms with E-state index in [-0.39, 0.29) is 6.04 Å². The van der Waals surface area contributed by atoms with Crippen molar-refractivity contribution >= 4 is 11.3 Å². The van der Waals surface area contributed by atoms with Crippen molar-refractivity contribution in [2.24, 2.45) is 0 Å². The first-order chi connectivity index (χ1) is 10.3. The fourth-order valence-electron chi connectivity index (χ4n) is 2.51. The van der Waals surface area contributed by atoms with Crippen molar-refractivity contribution < 1.29 is 9.47 Å². The summed E-state index contributed by atoms with van der Waals surface area (Å²) in [5.41, 5.74) is 1.16. The fraction of sp³-hybridized carbons (Fsp3) is 0.467. The van der Waals surface area contributed by atoms with Crippen LogP contribution in [0.4, 0.5) is 0 Å². The summed E-state index contributed by atoms with van der Waals surface area (Å²) in [4.78, 5) is 0. The van der Waals surface area contributed by atoms with Crippen LogP contribution in [0.1, 0.15) is 34.5 Å². The highest BCUT2D eigenvalue weighted by molar-refractivity contribution is 7.11. The Kier molecular flexibility index (Phi) is 4.36. The Bertz CT molecular complexity index is 615. The number of aromatic nitrogens is 2. The van der Waals surface area contributed by atoms with Gasteiger partial charge in [0.15, 0.2) is 0 Å². The van der Waals surface area contributed by atoms with E-state index in [1.54, 1.807) is 18.4 Å². The van der Waals surface area contributed by atoms with Crippen LogP contribution in [0.2, 0.25) is 0 Å². The van der Waals surface area contributed by atoms with Crippen LogP contribution in [-0.4, -0.2) is 23.9 Å². The van der Waals surface area contributed by atoms with Gasteiger partial charge in [0.25, 0.3) is 0 Å². The van der Waals surface area contributed by atoms with Gasteiger partial charge in [-0.15, -0.1) is 21.5 Å². The lowest BCUT2D eigenvalue weighted by Crippen LogP contribution is -2.20. The standard InChI is InChI=1S/C15H19N3O2S/c1-10-17-18-15(21-10)9-16-13-4-3-7-20-14-6-5-11(19-2)8-12(13)14/h5-6,8,13,16H,3-4,7,9H2,1-2H3. The van der Waals surface area contributed by atoms with Crippen molar-refractivity contribution in [3.8, 4) is 11.5 Å². The van der Waals surface area contributed by atoms with E-state index < -0.39 is 0 Å². The zero-order valence-electron chi connectivity index (χ0n) is 12.3. The number of aryl methyl sites for hydroxylation is 1. The maximum absolute atomic E-state index is 5.81. The van der Waals surface area contributed by atoms with Crippen LogP contribution in [0.5, 0.6) is 11.5 Å². The first-order valence-corrected chi connectivity index (χ1v) is 7.91. The molecule has 1 aromatic heterocycles. The van der Waals surface area contributed by atoms with E-state index in [1.165, 1.54) is 0 Å². The molecule has 112 valence electrons. The number of fused-ring (bicyclic) bond motifs is 1. The molecule has 0 bridgehead atoms. The number of methoxy groups -OCH3 is 1. The molecule has 21 heavy (non-hydrogen) atoms. The molecule has 0 saturated heterocycles. The predicted octanol–water partition coefficient (Wildman–Crippen LogP) is 2.86. The third-order valence-corrected chi connectivity index (χ3v) is 4.39. The second kappa shape index (κ2) is 6.41. The van der Waals surface area contributed by atoms with Gasteiger partial charge in [0, 0.05) is 11.6 Å². The average molecular weight is 305 g/mol. The van der Waals surface area contributed by atoms with E-state index in [9.17, 15) is 0 Å². The summed E-state index contributed by atoms with van der Waals surface area (Å²) in [6, 6.07) is 6.24. The topological polar surface area (TPSA) is 56.3 Å². The number of hydrogen-bond acceptors (Lipinski definition) is 6. The molecule has 1 aromatic carbocycles. The van der Waals surface area contributed by atoms with E-state index in [0.29, 0.717) is 0 Å². The average Bonchev–Trinajstić information content (AvgIpc) is 2.81. The summed E-state index contributed by atoms with van der Waals surface area (Å²) in [7, 11) is 1.69. The Morgan fingerprint density at radius 2 is 2.33 bits per heavy atom. The van der Waals surface area contributed by atoms with E-state index in [1.807, 2.05) is 19.1 Å². The maximum atomic E-state index is 5.81. The normalized spacial score (nSPS) is 17.7. The monoisotopic (exact) mass is 305 g/mol. The van der Waals surface area contributed by atoms with Crippen LogP contribution < -0.4 is 14.8 Å². The van der Waals surface area contributed by atoms with Gasteiger partial charge in [-0.1, -0.05) is 0 Å². The second-order valence-electron chi connectivity index (χ2n) is 5.04. The molecule has 1 aliphatic heterocycles. The Balaban J connectivity index is 1.78. The molecule has 0 aliphatic carbocycles. The third kappa shape index (κ3) is 3.33. The highest BCUT2D eigenvalue weighted by Gasteiger charge is 2.20. The molecule has 1 aliphatic rings. The lowest BCUT2D eigenvalue weighted by molar-refractivity contribution is 0.314. The molecule has 2 heterocycles.